The minimum atomic E-state index is -0.256. The third-order valence-electron chi connectivity index (χ3n) is 6.97. The number of amides is 2. The van der Waals surface area contributed by atoms with Gasteiger partial charge >= 0.3 is 0 Å². The molecule has 176 valence electrons. The zero-order valence-electron chi connectivity index (χ0n) is 19.5. The smallest absolute Gasteiger partial charge is 0.242 e. The normalized spacial score (nSPS) is 20.9. The lowest BCUT2D eigenvalue weighted by molar-refractivity contribution is -0.166. The van der Waals surface area contributed by atoms with E-state index in [-0.39, 0.29) is 49.4 Å². The van der Waals surface area contributed by atoms with Crippen molar-refractivity contribution in [2.24, 2.45) is 0 Å². The highest BCUT2D eigenvalue weighted by Crippen LogP contribution is 2.43. The molecule has 2 heterocycles. The predicted molar refractivity (Wildman–Crippen MR) is 134 cm³/mol. The van der Waals surface area contributed by atoms with Crippen LogP contribution in [-0.2, 0) is 22.4 Å². The Morgan fingerprint density at radius 2 is 1.57 bits per heavy atom. The summed E-state index contributed by atoms with van der Waals surface area (Å²) < 4.78 is 0. The topological polar surface area (TPSA) is 60.9 Å². The average Bonchev–Trinajstić information content (AvgIpc) is 2.87. The van der Waals surface area contributed by atoms with Gasteiger partial charge in [0.05, 0.1) is 31.7 Å². The van der Waals surface area contributed by atoms with Crippen molar-refractivity contribution in [2.45, 2.75) is 30.8 Å². The summed E-state index contributed by atoms with van der Waals surface area (Å²) in [4.78, 5) is 29.2. The number of hydrogen-bond donors (Lipinski definition) is 1. The Bertz CT molecular complexity index is 1250. The molecule has 2 fully saturated rings. The summed E-state index contributed by atoms with van der Waals surface area (Å²) in [5.41, 5.74) is 4.12. The number of carbonyl (C=O) groups excluding carboxylic acids is 2. The Labute approximate surface area is 206 Å². The van der Waals surface area contributed by atoms with Crippen LogP contribution >= 0.6 is 0 Å². The second-order valence-corrected chi connectivity index (χ2v) is 9.17. The molecular weight excluding hydrogens is 436 g/mol. The number of hydrogen-bond acceptors (Lipinski definition) is 3. The van der Waals surface area contributed by atoms with Crippen molar-refractivity contribution in [3.05, 3.63) is 107 Å². The van der Waals surface area contributed by atoms with Crippen molar-refractivity contribution in [3.8, 4) is 11.8 Å². The third-order valence-corrected chi connectivity index (χ3v) is 6.97. The van der Waals surface area contributed by atoms with Gasteiger partial charge in [-0.1, -0.05) is 84.6 Å². The fraction of sp³-hybridized carbons (Fsp3) is 0.267. The molecule has 3 aromatic carbocycles. The Balaban J connectivity index is 1.28. The van der Waals surface area contributed by atoms with Gasteiger partial charge in [-0.2, -0.15) is 0 Å². The van der Waals surface area contributed by atoms with Gasteiger partial charge < -0.3 is 14.9 Å². The molecule has 5 rings (SSSR count). The maximum atomic E-state index is 12.9. The summed E-state index contributed by atoms with van der Waals surface area (Å²) in [6, 6.07) is 27.4. The van der Waals surface area contributed by atoms with Gasteiger partial charge in [0.2, 0.25) is 11.8 Å². The molecule has 0 radical (unpaired) electrons. The van der Waals surface area contributed by atoms with Crippen LogP contribution in [0.25, 0.3) is 0 Å². The van der Waals surface area contributed by atoms with E-state index in [0.29, 0.717) is 13.0 Å². The molecule has 0 bridgehead atoms. The van der Waals surface area contributed by atoms with Crippen LogP contribution in [0.2, 0.25) is 0 Å². The molecule has 0 aromatic heterocycles. The number of benzene rings is 3. The van der Waals surface area contributed by atoms with Crippen LogP contribution in [0.3, 0.4) is 0 Å². The first-order valence-electron chi connectivity index (χ1n) is 12.0. The summed E-state index contributed by atoms with van der Waals surface area (Å²) in [6.07, 6.45) is 0.981. The van der Waals surface area contributed by atoms with Crippen LogP contribution in [0.5, 0.6) is 0 Å². The molecule has 0 saturated carbocycles. The molecule has 5 nitrogen and oxygen atoms in total. The number of aliphatic hydroxyl groups is 1. The van der Waals surface area contributed by atoms with Crippen LogP contribution in [0, 0.1) is 11.8 Å². The van der Waals surface area contributed by atoms with Crippen molar-refractivity contribution in [1.29, 1.82) is 0 Å². The van der Waals surface area contributed by atoms with Gasteiger partial charge in [-0.05, 0) is 28.8 Å². The first-order chi connectivity index (χ1) is 17.1. The SMILES string of the molecule is O=C(Cc1ccccc1)N1CC(=O)N2[C@H](CO)[C@H](c3ccc(C#CCc4ccccc4)cc3)[C@H]2C1. The Morgan fingerprint density at radius 3 is 2.23 bits per heavy atom. The van der Waals surface area contributed by atoms with E-state index >= 15 is 0 Å². The second-order valence-electron chi connectivity index (χ2n) is 9.17. The minimum Gasteiger partial charge on any atom is -0.394 e. The average molecular weight is 465 g/mol. The minimum absolute atomic E-state index is 0.0115. The van der Waals surface area contributed by atoms with Crippen molar-refractivity contribution in [1.82, 2.24) is 9.80 Å². The molecule has 0 unspecified atom stereocenters. The first kappa shape index (κ1) is 22.9. The van der Waals surface area contributed by atoms with Crippen molar-refractivity contribution in [2.75, 3.05) is 19.7 Å². The van der Waals surface area contributed by atoms with Gasteiger partial charge in [-0.3, -0.25) is 9.59 Å². The molecule has 0 spiro atoms. The monoisotopic (exact) mass is 464 g/mol. The summed E-state index contributed by atoms with van der Waals surface area (Å²) in [5.74, 6) is 6.28. The van der Waals surface area contributed by atoms with Crippen LogP contribution in [-0.4, -0.2) is 58.5 Å². The number of carbonyl (C=O) groups is 2. The number of aliphatic hydroxyl groups excluding tert-OH is 1. The molecule has 3 atom stereocenters. The Hall–Kier alpha value is -3.88. The zero-order chi connectivity index (χ0) is 24.2. The highest BCUT2D eigenvalue weighted by Gasteiger charge is 2.54. The lowest BCUT2D eigenvalue weighted by atomic mass is 9.73. The Morgan fingerprint density at radius 1 is 0.914 bits per heavy atom. The summed E-state index contributed by atoms with van der Waals surface area (Å²) >= 11 is 0. The fourth-order valence-corrected chi connectivity index (χ4v) is 5.20. The van der Waals surface area contributed by atoms with Crippen LogP contribution in [0.1, 0.15) is 28.2 Å². The zero-order valence-corrected chi connectivity index (χ0v) is 19.5. The van der Waals surface area contributed by atoms with Gasteiger partial charge in [-0.25, -0.2) is 0 Å². The van der Waals surface area contributed by atoms with Gasteiger partial charge in [0.25, 0.3) is 0 Å². The molecule has 2 aliphatic heterocycles. The van der Waals surface area contributed by atoms with E-state index in [1.165, 1.54) is 5.56 Å². The maximum Gasteiger partial charge on any atom is 0.242 e. The van der Waals surface area contributed by atoms with Gasteiger partial charge in [0.15, 0.2) is 0 Å². The van der Waals surface area contributed by atoms with Crippen molar-refractivity contribution < 1.29 is 14.7 Å². The standard InChI is InChI=1S/C30H28N2O3/c33-21-27-30(25-16-14-23(15-17-25)13-7-12-22-8-3-1-4-9-22)26-19-31(20-29(35)32(26)27)28(34)18-24-10-5-2-6-11-24/h1-6,8-11,14-17,26-27,30,33H,12,18-21H2/t26-,27-,30-/m1/s1. The Kier molecular flexibility index (Phi) is 6.65. The molecule has 2 aliphatic rings. The molecular formula is C30H28N2O3. The fourth-order valence-electron chi connectivity index (χ4n) is 5.20. The number of rotatable bonds is 5. The van der Waals surface area contributed by atoms with E-state index in [1.54, 1.807) is 9.80 Å². The van der Waals surface area contributed by atoms with Gasteiger partial charge in [0, 0.05) is 24.4 Å². The number of nitrogens with zero attached hydrogens (tertiary/aromatic N) is 2. The van der Waals surface area contributed by atoms with Crippen molar-refractivity contribution >= 4 is 11.8 Å². The van der Waals surface area contributed by atoms with E-state index in [9.17, 15) is 14.7 Å². The van der Waals surface area contributed by atoms with E-state index < -0.39 is 0 Å². The molecule has 2 saturated heterocycles. The lowest BCUT2D eigenvalue weighted by Crippen LogP contribution is -2.73. The molecule has 35 heavy (non-hydrogen) atoms. The van der Waals surface area contributed by atoms with E-state index in [2.05, 4.69) is 24.0 Å². The van der Waals surface area contributed by atoms with Gasteiger partial charge in [0.1, 0.15) is 0 Å². The quantitative estimate of drug-likeness (QED) is 0.591. The van der Waals surface area contributed by atoms with Crippen LogP contribution in [0.15, 0.2) is 84.9 Å². The van der Waals surface area contributed by atoms with E-state index in [4.69, 9.17) is 0 Å². The van der Waals surface area contributed by atoms with E-state index in [0.717, 1.165) is 16.7 Å². The summed E-state index contributed by atoms with van der Waals surface area (Å²) in [5, 5.41) is 10.0. The summed E-state index contributed by atoms with van der Waals surface area (Å²) in [7, 11) is 0. The lowest BCUT2D eigenvalue weighted by Gasteiger charge is -2.58. The van der Waals surface area contributed by atoms with Gasteiger partial charge in [-0.15, -0.1) is 0 Å². The first-order valence-corrected chi connectivity index (χ1v) is 12.0. The number of piperazine rings is 1. The molecule has 5 heteroatoms. The van der Waals surface area contributed by atoms with E-state index in [1.807, 2.05) is 72.8 Å². The third kappa shape index (κ3) is 4.84. The largest absolute Gasteiger partial charge is 0.394 e. The van der Waals surface area contributed by atoms with Crippen LogP contribution in [0.4, 0.5) is 0 Å². The number of fused-ring (bicyclic) bond motifs is 1. The highest BCUT2D eigenvalue weighted by molar-refractivity contribution is 5.88. The maximum absolute atomic E-state index is 12.9. The second kappa shape index (κ2) is 10.2. The molecule has 1 N–H and O–H groups in total. The summed E-state index contributed by atoms with van der Waals surface area (Å²) in [6.45, 7) is 0.460. The highest BCUT2D eigenvalue weighted by atomic mass is 16.3. The molecule has 3 aromatic rings. The van der Waals surface area contributed by atoms with Crippen molar-refractivity contribution in [3.63, 3.8) is 0 Å². The van der Waals surface area contributed by atoms with Crippen LogP contribution < -0.4 is 0 Å². The molecule has 0 aliphatic carbocycles. The predicted octanol–water partition coefficient (Wildman–Crippen LogP) is 3.02. The molecule has 2 amide bonds.